The molecule has 1 aromatic carbocycles. The van der Waals surface area contributed by atoms with Crippen LogP contribution in [0.1, 0.15) is 5.56 Å². The summed E-state index contributed by atoms with van der Waals surface area (Å²) in [6.45, 7) is 3.50. The SMILES string of the molecule is C=CCc1c(O)c([N+](=O)[O-])cc2ccc(=O)oc12. The Bertz CT molecular complexity index is 701. The van der Waals surface area contributed by atoms with Crippen LogP contribution in [-0.2, 0) is 6.42 Å². The summed E-state index contributed by atoms with van der Waals surface area (Å²) in [5.41, 5.74) is -0.674. The number of benzene rings is 1. The quantitative estimate of drug-likeness (QED) is 0.388. The molecule has 0 spiro atoms. The lowest BCUT2D eigenvalue weighted by Gasteiger charge is -2.06. The number of rotatable bonds is 3. The van der Waals surface area contributed by atoms with Gasteiger partial charge in [-0.3, -0.25) is 10.1 Å². The maximum Gasteiger partial charge on any atom is 0.336 e. The zero-order chi connectivity index (χ0) is 13.3. The summed E-state index contributed by atoms with van der Waals surface area (Å²) in [4.78, 5) is 21.3. The van der Waals surface area contributed by atoms with E-state index in [9.17, 15) is 20.0 Å². The van der Waals surface area contributed by atoms with Crippen molar-refractivity contribution in [1.29, 1.82) is 0 Å². The van der Waals surface area contributed by atoms with Crippen molar-refractivity contribution < 1.29 is 14.4 Å². The highest BCUT2D eigenvalue weighted by Crippen LogP contribution is 2.36. The van der Waals surface area contributed by atoms with Gasteiger partial charge in [0.2, 0.25) is 5.75 Å². The molecule has 18 heavy (non-hydrogen) atoms. The molecule has 2 aromatic rings. The summed E-state index contributed by atoms with van der Waals surface area (Å²) in [6.07, 6.45) is 1.63. The monoisotopic (exact) mass is 247 g/mol. The van der Waals surface area contributed by atoms with E-state index in [1.165, 1.54) is 24.3 Å². The number of nitro groups is 1. The van der Waals surface area contributed by atoms with E-state index in [0.717, 1.165) is 0 Å². The highest BCUT2D eigenvalue weighted by Gasteiger charge is 2.21. The minimum atomic E-state index is -0.688. The fourth-order valence-electron chi connectivity index (χ4n) is 1.73. The number of allylic oxidation sites excluding steroid dienone is 1. The van der Waals surface area contributed by atoms with Crippen molar-refractivity contribution in [3.05, 3.63) is 57.0 Å². The predicted octanol–water partition coefficient (Wildman–Crippen LogP) is 2.14. The van der Waals surface area contributed by atoms with Crippen molar-refractivity contribution in [2.45, 2.75) is 6.42 Å². The summed E-state index contributed by atoms with van der Waals surface area (Å²) < 4.78 is 4.97. The van der Waals surface area contributed by atoms with Gasteiger partial charge >= 0.3 is 11.3 Å². The Kier molecular flexibility index (Phi) is 2.85. The number of nitrogens with zero attached hydrogens (tertiary/aromatic N) is 1. The molecule has 1 N–H and O–H groups in total. The topological polar surface area (TPSA) is 93.6 Å². The van der Waals surface area contributed by atoms with Crippen molar-refractivity contribution in [2.24, 2.45) is 0 Å². The molecule has 0 aliphatic carbocycles. The fraction of sp³-hybridized carbons (Fsp3) is 0.0833. The summed E-state index contributed by atoms with van der Waals surface area (Å²) in [5, 5.41) is 21.0. The molecule has 0 saturated carbocycles. The molecule has 0 unspecified atom stereocenters. The molecule has 0 radical (unpaired) electrons. The maximum atomic E-state index is 11.2. The minimum absolute atomic E-state index is 0.144. The van der Waals surface area contributed by atoms with Gasteiger partial charge in [-0.15, -0.1) is 6.58 Å². The van der Waals surface area contributed by atoms with Crippen LogP contribution < -0.4 is 5.63 Å². The molecule has 0 saturated heterocycles. The van der Waals surface area contributed by atoms with Gasteiger partial charge in [0.15, 0.2) is 0 Å². The van der Waals surface area contributed by atoms with Gasteiger partial charge in [-0.2, -0.15) is 0 Å². The Morgan fingerprint density at radius 1 is 1.50 bits per heavy atom. The molecule has 92 valence electrons. The first kappa shape index (κ1) is 11.8. The summed E-state index contributed by atoms with van der Waals surface area (Å²) in [7, 11) is 0. The van der Waals surface area contributed by atoms with E-state index < -0.39 is 22.0 Å². The third kappa shape index (κ3) is 1.84. The molecule has 1 aromatic heterocycles. The number of fused-ring (bicyclic) bond motifs is 1. The third-order valence-corrected chi connectivity index (χ3v) is 2.50. The molecule has 0 atom stereocenters. The van der Waals surface area contributed by atoms with E-state index in [-0.39, 0.29) is 17.6 Å². The lowest BCUT2D eigenvalue weighted by Crippen LogP contribution is -1.99. The lowest BCUT2D eigenvalue weighted by atomic mass is 10.1. The van der Waals surface area contributed by atoms with Crippen molar-refractivity contribution in [3.8, 4) is 5.75 Å². The van der Waals surface area contributed by atoms with Crippen LogP contribution in [0.3, 0.4) is 0 Å². The Labute approximate surface area is 101 Å². The van der Waals surface area contributed by atoms with Gasteiger partial charge in [-0.1, -0.05) is 6.08 Å². The average Bonchev–Trinajstić information content (AvgIpc) is 2.32. The third-order valence-electron chi connectivity index (χ3n) is 2.50. The number of phenols is 1. The van der Waals surface area contributed by atoms with Crippen molar-refractivity contribution in [3.63, 3.8) is 0 Å². The summed E-state index contributed by atoms with van der Waals surface area (Å²) in [5.74, 6) is -0.498. The van der Waals surface area contributed by atoms with Gasteiger partial charge in [-0.05, 0) is 12.5 Å². The molecule has 0 bridgehead atoms. The molecule has 0 amide bonds. The Balaban J connectivity index is 2.91. The van der Waals surface area contributed by atoms with Crippen LogP contribution in [0.25, 0.3) is 11.0 Å². The zero-order valence-corrected chi connectivity index (χ0v) is 9.25. The van der Waals surface area contributed by atoms with E-state index in [4.69, 9.17) is 4.42 Å². The fourth-order valence-corrected chi connectivity index (χ4v) is 1.73. The van der Waals surface area contributed by atoms with E-state index in [1.807, 2.05) is 0 Å². The molecule has 0 fully saturated rings. The summed E-state index contributed by atoms with van der Waals surface area (Å²) in [6, 6.07) is 3.75. The average molecular weight is 247 g/mol. The van der Waals surface area contributed by atoms with Gasteiger partial charge in [0.05, 0.1) is 4.92 Å². The van der Waals surface area contributed by atoms with E-state index >= 15 is 0 Å². The Morgan fingerprint density at radius 2 is 2.22 bits per heavy atom. The van der Waals surface area contributed by atoms with Gasteiger partial charge in [0.25, 0.3) is 0 Å². The first-order valence-corrected chi connectivity index (χ1v) is 5.08. The number of aromatic hydroxyl groups is 1. The Morgan fingerprint density at radius 3 is 2.83 bits per heavy atom. The van der Waals surface area contributed by atoms with Crippen LogP contribution in [0, 0.1) is 10.1 Å². The molecule has 1 heterocycles. The highest BCUT2D eigenvalue weighted by atomic mass is 16.6. The maximum absolute atomic E-state index is 11.2. The second kappa shape index (κ2) is 4.33. The molecular weight excluding hydrogens is 238 g/mol. The van der Waals surface area contributed by atoms with Crippen LogP contribution in [0.15, 0.2) is 40.1 Å². The number of hydrogen-bond acceptors (Lipinski definition) is 5. The van der Waals surface area contributed by atoms with E-state index in [0.29, 0.717) is 5.39 Å². The Hall–Kier alpha value is -2.63. The standard InChI is InChI=1S/C12H9NO5/c1-2-3-8-11(15)9(13(16)17)6-7-4-5-10(14)18-12(7)8/h2,4-6,15H,1,3H2. The van der Waals surface area contributed by atoms with Crippen molar-refractivity contribution >= 4 is 16.7 Å². The first-order valence-electron chi connectivity index (χ1n) is 5.08. The molecular formula is C12H9NO5. The normalized spacial score (nSPS) is 10.4. The zero-order valence-electron chi connectivity index (χ0n) is 9.25. The molecule has 2 rings (SSSR count). The number of phenolic OH excluding ortho intramolecular Hbond substituents is 1. The highest BCUT2D eigenvalue weighted by molar-refractivity contribution is 5.86. The largest absolute Gasteiger partial charge is 0.502 e. The molecule has 0 aliphatic heterocycles. The van der Waals surface area contributed by atoms with Gasteiger partial charge < -0.3 is 9.52 Å². The van der Waals surface area contributed by atoms with Crippen molar-refractivity contribution in [1.82, 2.24) is 0 Å². The molecule has 0 aliphatic rings. The smallest absolute Gasteiger partial charge is 0.336 e. The van der Waals surface area contributed by atoms with Gasteiger partial charge in [-0.25, -0.2) is 4.79 Å². The molecule has 6 nitrogen and oxygen atoms in total. The van der Waals surface area contributed by atoms with Crippen LogP contribution >= 0.6 is 0 Å². The second-order valence-corrected chi connectivity index (χ2v) is 3.65. The van der Waals surface area contributed by atoms with Crippen molar-refractivity contribution in [2.75, 3.05) is 0 Å². The van der Waals surface area contributed by atoms with Crippen LogP contribution in [-0.4, -0.2) is 10.0 Å². The van der Waals surface area contributed by atoms with Crippen LogP contribution in [0.4, 0.5) is 5.69 Å². The molecule has 6 heteroatoms. The predicted molar refractivity (Wildman–Crippen MR) is 64.7 cm³/mol. The van der Waals surface area contributed by atoms with Crippen LogP contribution in [0.2, 0.25) is 0 Å². The second-order valence-electron chi connectivity index (χ2n) is 3.65. The van der Waals surface area contributed by atoms with Crippen LogP contribution in [0.5, 0.6) is 5.75 Å². The summed E-state index contributed by atoms with van der Waals surface area (Å²) >= 11 is 0. The van der Waals surface area contributed by atoms with E-state index in [2.05, 4.69) is 6.58 Å². The minimum Gasteiger partial charge on any atom is -0.502 e. The van der Waals surface area contributed by atoms with E-state index in [1.54, 1.807) is 0 Å². The lowest BCUT2D eigenvalue weighted by molar-refractivity contribution is -0.385. The first-order chi connectivity index (χ1) is 8.54. The van der Waals surface area contributed by atoms with Gasteiger partial charge in [0.1, 0.15) is 5.58 Å². The number of hydrogen-bond donors (Lipinski definition) is 1. The van der Waals surface area contributed by atoms with Gasteiger partial charge in [0, 0.05) is 23.1 Å². The number of nitro benzene ring substituents is 1.